The first kappa shape index (κ1) is 14.5. The summed E-state index contributed by atoms with van der Waals surface area (Å²) in [7, 11) is 1.84. The van der Waals surface area contributed by atoms with E-state index in [-0.39, 0.29) is 12.4 Å². The first-order valence-electron chi connectivity index (χ1n) is 6.63. The molecule has 0 saturated heterocycles. The lowest BCUT2D eigenvalue weighted by atomic mass is 10.1. The van der Waals surface area contributed by atoms with E-state index in [2.05, 4.69) is 5.10 Å². The quantitative estimate of drug-likeness (QED) is 0.914. The maximum absolute atomic E-state index is 13.8. The van der Waals surface area contributed by atoms with Crippen LogP contribution in [0.5, 0.6) is 5.75 Å². The van der Waals surface area contributed by atoms with Gasteiger partial charge in [-0.2, -0.15) is 5.10 Å². The molecule has 1 heterocycles. The fraction of sp³-hybridized carbons (Fsp3) is 0.400. The van der Waals surface area contributed by atoms with Crippen molar-refractivity contribution in [2.45, 2.75) is 33.0 Å². The summed E-state index contributed by atoms with van der Waals surface area (Å²) in [5, 5.41) is 13.7. The average Bonchev–Trinajstić information content (AvgIpc) is 2.78. The molecule has 0 aliphatic carbocycles. The van der Waals surface area contributed by atoms with Crippen LogP contribution in [0.2, 0.25) is 0 Å². The lowest BCUT2D eigenvalue weighted by molar-refractivity contribution is 0.198. The molecule has 0 aliphatic heterocycles. The van der Waals surface area contributed by atoms with Crippen molar-refractivity contribution in [3.05, 3.63) is 47.0 Å². The van der Waals surface area contributed by atoms with Crippen molar-refractivity contribution in [1.82, 2.24) is 9.78 Å². The number of aliphatic hydroxyl groups excluding tert-OH is 1. The van der Waals surface area contributed by atoms with Gasteiger partial charge in [-0.1, -0.05) is 13.0 Å². The van der Waals surface area contributed by atoms with Gasteiger partial charge < -0.3 is 9.84 Å². The molecule has 1 atom stereocenters. The van der Waals surface area contributed by atoms with Gasteiger partial charge in [-0.3, -0.25) is 4.68 Å². The van der Waals surface area contributed by atoms with E-state index >= 15 is 0 Å². The summed E-state index contributed by atoms with van der Waals surface area (Å²) in [6, 6.07) is 6.43. The lowest BCUT2D eigenvalue weighted by Crippen LogP contribution is -2.04. The Kier molecular flexibility index (Phi) is 4.39. The average molecular weight is 278 g/mol. The van der Waals surface area contributed by atoms with Crippen molar-refractivity contribution < 1.29 is 14.2 Å². The fourth-order valence-electron chi connectivity index (χ4n) is 1.93. The van der Waals surface area contributed by atoms with Crippen LogP contribution in [0, 0.1) is 5.82 Å². The molecule has 0 saturated carbocycles. The van der Waals surface area contributed by atoms with Crippen LogP contribution in [0.4, 0.5) is 4.39 Å². The third kappa shape index (κ3) is 3.17. The molecule has 0 spiro atoms. The highest BCUT2D eigenvalue weighted by Gasteiger charge is 2.10. The molecule has 1 aromatic heterocycles. The highest BCUT2D eigenvalue weighted by molar-refractivity contribution is 5.30. The third-order valence-corrected chi connectivity index (χ3v) is 3.20. The number of aryl methyl sites for hydroxylation is 2. The molecule has 108 valence electrons. The van der Waals surface area contributed by atoms with Crippen LogP contribution >= 0.6 is 0 Å². The smallest absolute Gasteiger partial charge is 0.165 e. The topological polar surface area (TPSA) is 47.3 Å². The van der Waals surface area contributed by atoms with Gasteiger partial charge in [0.05, 0.1) is 17.5 Å². The molecule has 2 aromatic rings. The highest BCUT2D eigenvalue weighted by Crippen LogP contribution is 2.22. The Labute approximate surface area is 117 Å². The van der Waals surface area contributed by atoms with Gasteiger partial charge in [0.15, 0.2) is 11.6 Å². The Morgan fingerprint density at radius 1 is 1.40 bits per heavy atom. The minimum absolute atomic E-state index is 0.175. The van der Waals surface area contributed by atoms with Gasteiger partial charge in [-0.25, -0.2) is 4.39 Å². The van der Waals surface area contributed by atoms with Crippen molar-refractivity contribution >= 4 is 0 Å². The maximum Gasteiger partial charge on any atom is 0.165 e. The van der Waals surface area contributed by atoms with Crippen molar-refractivity contribution in [1.29, 1.82) is 0 Å². The van der Waals surface area contributed by atoms with Crippen LogP contribution in [0.25, 0.3) is 0 Å². The molecular formula is C15H19FN2O2. The Hall–Kier alpha value is -1.88. The van der Waals surface area contributed by atoms with Gasteiger partial charge in [-0.05, 0) is 37.1 Å². The number of ether oxygens (including phenoxy) is 1. The maximum atomic E-state index is 13.8. The lowest BCUT2D eigenvalue weighted by Gasteiger charge is -2.10. The Bertz CT molecular complexity index is 594. The molecule has 0 aliphatic rings. The van der Waals surface area contributed by atoms with Crippen LogP contribution in [0.15, 0.2) is 24.3 Å². The number of nitrogens with zero attached hydrogens (tertiary/aromatic N) is 2. The third-order valence-electron chi connectivity index (χ3n) is 3.20. The normalized spacial score (nSPS) is 12.4. The predicted molar refractivity (Wildman–Crippen MR) is 74.0 cm³/mol. The van der Waals surface area contributed by atoms with Crippen LogP contribution < -0.4 is 4.74 Å². The van der Waals surface area contributed by atoms with Crippen LogP contribution in [0.3, 0.4) is 0 Å². The zero-order valence-corrected chi connectivity index (χ0v) is 11.9. The number of aliphatic hydroxyl groups is 1. The van der Waals surface area contributed by atoms with E-state index in [9.17, 15) is 9.50 Å². The standard InChI is InChI=1S/C15H19FN2O2/c1-4-12-8-13(18(3)17-12)9-20-15-6-5-11(10(2)19)7-14(15)16/h5-8,10,19H,4,9H2,1-3H3/t10-/m0/s1. The molecule has 0 fully saturated rings. The summed E-state index contributed by atoms with van der Waals surface area (Å²) in [5.74, 6) is -0.296. The minimum atomic E-state index is -0.692. The van der Waals surface area contributed by atoms with Crippen molar-refractivity contribution in [2.75, 3.05) is 0 Å². The summed E-state index contributed by atoms with van der Waals surface area (Å²) in [5.41, 5.74) is 2.40. The molecule has 0 bridgehead atoms. The molecule has 5 heteroatoms. The largest absolute Gasteiger partial charge is 0.484 e. The Morgan fingerprint density at radius 3 is 2.70 bits per heavy atom. The molecule has 0 radical (unpaired) electrons. The number of benzene rings is 1. The molecule has 1 N–H and O–H groups in total. The molecular weight excluding hydrogens is 259 g/mol. The van der Waals surface area contributed by atoms with Gasteiger partial charge in [0.2, 0.25) is 0 Å². The number of halogens is 1. The number of aromatic nitrogens is 2. The second kappa shape index (κ2) is 6.05. The summed E-state index contributed by atoms with van der Waals surface area (Å²) < 4.78 is 21.0. The molecule has 0 unspecified atom stereocenters. The fourth-order valence-corrected chi connectivity index (χ4v) is 1.93. The van der Waals surface area contributed by atoms with E-state index in [1.807, 2.05) is 20.0 Å². The van der Waals surface area contributed by atoms with Crippen LogP contribution in [-0.2, 0) is 20.1 Å². The van der Waals surface area contributed by atoms with Crippen LogP contribution in [0.1, 0.15) is 36.9 Å². The first-order valence-corrected chi connectivity index (χ1v) is 6.63. The predicted octanol–water partition coefficient (Wildman–Crippen LogP) is 2.75. The van der Waals surface area contributed by atoms with Gasteiger partial charge in [0, 0.05) is 7.05 Å². The zero-order valence-electron chi connectivity index (χ0n) is 11.9. The number of rotatable bonds is 5. The van der Waals surface area contributed by atoms with E-state index < -0.39 is 11.9 Å². The van der Waals surface area contributed by atoms with Crippen molar-refractivity contribution in [2.24, 2.45) is 7.05 Å². The van der Waals surface area contributed by atoms with E-state index in [1.165, 1.54) is 12.1 Å². The highest BCUT2D eigenvalue weighted by atomic mass is 19.1. The van der Waals surface area contributed by atoms with Gasteiger partial charge in [0.1, 0.15) is 6.61 Å². The number of hydrogen-bond donors (Lipinski definition) is 1. The SMILES string of the molecule is CCc1cc(COc2ccc([C@H](C)O)cc2F)n(C)n1. The summed E-state index contributed by atoms with van der Waals surface area (Å²) in [4.78, 5) is 0. The zero-order chi connectivity index (χ0) is 14.7. The van der Waals surface area contributed by atoms with Crippen LogP contribution in [-0.4, -0.2) is 14.9 Å². The molecule has 4 nitrogen and oxygen atoms in total. The van der Waals surface area contributed by atoms with Gasteiger partial charge in [0.25, 0.3) is 0 Å². The van der Waals surface area contributed by atoms with E-state index in [0.29, 0.717) is 5.56 Å². The first-order chi connectivity index (χ1) is 9.51. The Morgan fingerprint density at radius 2 is 2.15 bits per heavy atom. The minimum Gasteiger partial charge on any atom is -0.484 e. The van der Waals surface area contributed by atoms with Crippen molar-refractivity contribution in [3.8, 4) is 5.75 Å². The number of hydrogen-bond acceptors (Lipinski definition) is 3. The summed E-state index contributed by atoms with van der Waals surface area (Å²) >= 11 is 0. The van der Waals surface area contributed by atoms with Gasteiger partial charge >= 0.3 is 0 Å². The second-order valence-electron chi connectivity index (χ2n) is 4.76. The molecule has 20 heavy (non-hydrogen) atoms. The second-order valence-corrected chi connectivity index (χ2v) is 4.76. The monoisotopic (exact) mass is 278 g/mol. The summed E-state index contributed by atoms with van der Waals surface area (Å²) in [6.07, 6.45) is 0.161. The summed E-state index contributed by atoms with van der Waals surface area (Å²) in [6.45, 7) is 3.88. The van der Waals surface area contributed by atoms with E-state index in [4.69, 9.17) is 4.74 Å². The Balaban J connectivity index is 2.08. The van der Waals surface area contributed by atoms with Crippen molar-refractivity contribution in [3.63, 3.8) is 0 Å². The molecule has 1 aromatic carbocycles. The van der Waals surface area contributed by atoms with E-state index in [1.54, 1.807) is 17.7 Å². The molecule has 2 rings (SSSR count). The van der Waals surface area contributed by atoms with Gasteiger partial charge in [-0.15, -0.1) is 0 Å². The van der Waals surface area contributed by atoms with E-state index in [0.717, 1.165) is 17.8 Å². The molecule has 0 amide bonds.